The second kappa shape index (κ2) is 12.2. The lowest BCUT2D eigenvalue weighted by Gasteiger charge is -2.31. The lowest BCUT2D eigenvalue weighted by atomic mass is 9.90. The molecule has 0 aromatic rings. The fourth-order valence-corrected chi connectivity index (χ4v) is 5.50. The molecule has 3 aliphatic heterocycles. The zero-order valence-corrected chi connectivity index (χ0v) is 20.7. The Kier molecular flexibility index (Phi) is 9.28. The van der Waals surface area contributed by atoms with Crippen LogP contribution in [-0.4, -0.2) is 50.1 Å². The van der Waals surface area contributed by atoms with Crippen molar-refractivity contribution in [3.05, 3.63) is 23.3 Å². The molecular formula is C26H39ClO6. The van der Waals surface area contributed by atoms with E-state index in [0.717, 1.165) is 69.6 Å². The predicted molar refractivity (Wildman–Crippen MR) is 126 cm³/mol. The lowest BCUT2D eigenvalue weighted by Crippen LogP contribution is -2.32. The molecule has 0 radical (unpaired) electrons. The molecule has 3 heterocycles. The quantitative estimate of drug-likeness (QED) is 0.320. The Morgan fingerprint density at radius 2 is 1.88 bits per heavy atom. The minimum atomic E-state index is -0.174. The number of hydrogen-bond donors (Lipinski definition) is 0. The maximum absolute atomic E-state index is 12.0. The molecule has 0 N–H and O–H groups in total. The number of esters is 1. The molecule has 0 spiro atoms. The van der Waals surface area contributed by atoms with Gasteiger partial charge in [0.2, 0.25) is 0 Å². The van der Waals surface area contributed by atoms with E-state index in [1.807, 2.05) is 13.0 Å². The van der Waals surface area contributed by atoms with E-state index in [0.29, 0.717) is 6.42 Å². The Morgan fingerprint density at radius 1 is 1.15 bits per heavy atom. The van der Waals surface area contributed by atoms with E-state index in [2.05, 4.69) is 19.1 Å². The first kappa shape index (κ1) is 25.2. The molecule has 8 atom stereocenters. The van der Waals surface area contributed by atoms with Crippen LogP contribution in [0.5, 0.6) is 0 Å². The van der Waals surface area contributed by atoms with Gasteiger partial charge < -0.3 is 23.7 Å². The molecule has 0 bridgehead atoms. The summed E-state index contributed by atoms with van der Waals surface area (Å²) in [5, 5.41) is 0.791. The Morgan fingerprint density at radius 3 is 2.55 bits per heavy atom. The Hall–Kier alpha value is -0.920. The van der Waals surface area contributed by atoms with Crippen molar-refractivity contribution in [1.82, 2.24) is 0 Å². The van der Waals surface area contributed by atoms with Crippen molar-refractivity contribution >= 4 is 17.6 Å². The monoisotopic (exact) mass is 482 g/mol. The van der Waals surface area contributed by atoms with Gasteiger partial charge in [-0.05, 0) is 57.8 Å². The largest absolute Gasteiger partial charge is 0.462 e. The van der Waals surface area contributed by atoms with E-state index in [-0.39, 0.29) is 54.6 Å². The molecule has 6 nitrogen and oxygen atoms in total. The number of carbonyl (C=O) groups is 1. The number of hydrogen-bond acceptors (Lipinski definition) is 6. The van der Waals surface area contributed by atoms with E-state index in [9.17, 15) is 4.79 Å². The molecule has 33 heavy (non-hydrogen) atoms. The van der Waals surface area contributed by atoms with E-state index >= 15 is 0 Å². The Bertz CT molecular complexity index is 693. The average molecular weight is 483 g/mol. The molecule has 4 fully saturated rings. The highest BCUT2D eigenvalue weighted by Gasteiger charge is 2.50. The number of fused-ring (bicyclic) bond motifs is 1. The van der Waals surface area contributed by atoms with Gasteiger partial charge in [-0.25, -0.2) is 0 Å². The molecule has 1 aliphatic carbocycles. The van der Waals surface area contributed by atoms with Gasteiger partial charge in [0.1, 0.15) is 6.10 Å². The van der Waals surface area contributed by atoms with Crippen LogP contribution in [0.2, 0.25) is 0 Å². The van der Waals surface area contributed by atoms with Gasteiger partial charge >= 0.3 is 5.97 Å². The molecule has 0 amide bonds. The number of carbonyl (C=O) groups excluding carboxylic acids is 1. The van der Waals surface area contributed by atoms with Gasteiger partial charge in [-0.1, -0.05) is 36.8 Å². The standard InChI is InChI=1S/C26H39ClO6/c1-17(9-10-18(2)27)21(32-25-7-3-5-13-29-25)12-11-19-20-15-24(28)31-23(20)16-22(19)33-26-8-4-6-14-30-26/h10-12,17,19-23,25-26H,3-9,13-16H2,1-2H3/b12-11+,18-10-/t17?,19-,20-,21-,22-,23+,25?,26?/m1/s1. The lowest BCUT2D eigenvalue weighted by molar-refractivity contribution is -0.194. The third kappa shape index (κ3) is 7.04. The van der Waals surface area contributed by atoms with Gasteiger partial charge in [-0.15, -0.1) is 0 Å². The van der Waals surface area contributed by atoms with Gasteiger partial charge in [-0.3, -0.25) is 4.79 Å². The summed E-state index contributed by atoms with van der Waals surface area (Å²) in [4.78, 5) is 12.0. The molecule has 7 heteroatoms. The van der Waals surface area contributed by atoms with Crippen LogP contribution in [0.1, 0.15) is 71.6 Å². The summed E-state index contributed by atoms with van der Waals surface area (Å²) in [6.07, 6.45) is 14.2. The predicted octanol–water partition coefficient (Wildman–Crippen LogP) is 5.49. The molecule has 3 unspecified atom stereocenters. The molecular weight excluding hydrogens is 444 g/mol. The second-order valence-corrected chi connectivity index (χ2v) is 10.6. The Labute approximate surface area is 202 Å². The summed E-state index contributed by atoms with van der Waals surface area (Å²) in [5.74, 6) is 0.382. The first-order chi connectivity index (χ1) is 16.0. The van der Waals surface area contributed by atoms with E-state index in [1.54, 1.807) is 0 Å². The van der Waals surface area contributed by atoms with Crippen LogP contribution < -0.4 is 0 Å². The van der Waals surface area contributed by atoms with Crippen LogP contribution in [-0.2, 0) is 28.5 Å². The van der Waals surface area contributed by atoms with Crippen molar-refractivity contribution < 1.29 is 28.5 Å². The number of halogens is 1. The molecule has 4 aliphatic rings. The molecule has 1 saturated carbocycles. The SMILES string of the molecule is C/C(Cl)=C/CC(C)[C@@H](/C=C/[C@@H]1[C@H]2CC(=O)O[C@H]2C[C@H]1OC1CCCCO1)OC1CCCCO1. The number of allylic oxidation sites excluding steroid dienone is 2. The second-order valence-electron chi connectivity index (χ2n) is 9.97. The molecule has 0 aromatic heterocycles. The Balaban J connectivity index is 1.47. The minimum Gasteiger partial charge on any atom is -0.462 e. The van der Waals surface area contributed by atoms with Gasteiger partial charge in [0.15, 0.2) is 12.6 Å². The molecule has 4 rings (SSSR count). The van der Waals surface area contributed by atoms with Gasteiger partial charge in [0.05, 0.1) is 18.6 Å². The summed E-state index contributed by atoms with van der Waals surface area (Å²) in [6, 6.07) is 0. The number of ether oxygens (including phenoxy) is 5. The minimum absolute atomic E-state index is 0.0145. The van der Waals surface area contributed by atoms with E-state index in [4.69, 9.17) is 35.3 Å². The third-order valence-electron chi connectivity index (χ3n) is 7.32. The highest BCUT2D eigenvalue weighted by molar-refractivity contribution is 6.29. The van der Waals surface area contributed by atoms with E-state index in [1.165, 1.54) is 0 Å². The number of rotatable bonds is 9. The molecule has 3 saturated heterocycles. The van der Waals surface area contributed by atoms with Crippen LogP contribution in [0.3, 0.4) is 0 Å². The summed E-state index contributed by atoms with van der Waals surface area (Å²) in [5.41, 5.74) is 0. The fraction of sp³-hybridized carbons (Fsp3) is 0.808. The fourth-order valence-electron chi connectivity index (χ4n) is 5.41. The zero-order chi connectivity index (χ0) is 23.2. The van der Waals surface area contributed by atoms with E-state index < -0.39 is 0 Å². The van der Waals surface area contributed by atoms with Crippen molar-refractivity contribution in [1.29, 1.82) is 0 Å². The summed E-state index contributed by atoms with van der Waals surface area (Å²) in [7, 11) is 0. The van der Waals surface area contributed by atoms with Crippen LogP contribution in [0.4, 0.5) is 0 Å². The summed E-state index contributed by atoms with van der Waals surface area (Å²) in [6.45, 7) is 5.58. The van der Waals surface area contributed by atoms with Crippen molar-refractivity contribution in [2.75, 3.05) is 13.2 Å². The van der Waals surface area contributed by atoms with Gasteiger partial charge in [0, 0.05) is 36.5 Å². The van der Waals surface area contributed by atoms with Crippen LogP contribution >= 0.6 is 11.6 Å². The van der Waals surface area contributed by atoms with Crippen LogP contribution in [0.25, 0.3) is 0 Å². The van der Waals surface area contributed by atoms with Gasteiger partial charge in [0.25, 0.3) is 0 Å². The van der Waals surface area contributed by atoms with Crippen LogP contribution in [0.15, 0.2) is 23.3 Å². The zero-order valence-electron chi connectivity index (χ0n) is 20.0. The third-order valence-corrected chi connectivity index (χ3v) is 7.47. The highest BCUT2D eigenvalue weighted by Crippen LogP contribution is 2.44. The van der Waals surface area contributed by atoms with Gasteiger partial charge in [-0.2, -0.15) is 0 Å². The first-order valence-corrected chi connectivity index (χ1v) is 13.1. The average Bonchev–Trinajstić information content (AvgIpc) is 3.31. The maximum atomic E-state index is 12.0. The topological polar surface area (TPSA) is 63.2 Å². The smallest absolute Gasteiger partial charge is 0.306 e. The molecule has 186 valence electrons. The van der Waals surface area contributed by atoms with Crippen LogP contribution in [0, 0.1) is 17.8 Å². The maximum Gasteiger partial charge on any atom is 0.306 e. The van der Waals surface area contributed by atoms with Crippen molar-refractivity contribution in [2.45, 2.75) is 103 Å². The summed E-state index contributed by atoms with van der Waals surface area (Å²) < 4.78 is 30.1. The molecule has 0 aromatic carbocycles. The normalized spacial score (nSPS) is 37.2. The summed E-state index contributed by atoms with van der Waals surface area (Å²) >= 11 is 6.09. The van der Waals surface area contributed by atoms with Crippen molar-refractivity contribution in [3.8, 4) is 0 Å². The van der Waals surface area contributed by atoms with Crippen molar-refractivity contribution in [3.63, 3.8) is 0 Å². The highest BCUT2D eigenvalue weighted by atomic mass is 35.5. The van der Waals surface area contributed by atoms with Crippen molar-refractivity contribution in [2.24, 2.45) is 17.8 Å². The first-order valence-electron chi connectivity index (χ1n) is 12.7.